The van der Waals surface area contributed by atoms with Gasteiger partial charge in [-0.1, -0.05) is 0 Å². The second-order valence-corrected chi connectivity index (χ2v) is 5.84. The van der Waals surface area contributed by atoms with Crippen LogP contribution in [0, 0.1) is 5.82 Å². The van der Waals surface area contributed by atoms with E-state index < -0.39 is 18.1 Å². The molecule has 3 amide bonds. The van der Waals surface area contributed by atoms with Gasteiger partial charge < -0.3 is 15.3 Å². The molecule has 2 aliphatic rings. The molecule has 1 aromatic rings. The van der Waals surface area contributed by atoms with Crippen LogP contribution in [0.25, 0.3) is 0 Å². The van der Waals surface area contributed by atoms with Crippen LogP contribution >= 0.6 is 0 Å². The van der Waals surface area contributed by atoms with Crippen molar-refractivity contribution < 1.29 is 19.1 Å². The second-order valence-electron chi connectivity index (χ2n) is 5.84. The monoisotopic (exact) mass is 322 g/mol. The van der Waals surface area contributed by atoms with E-state index in [-0.39, 0.29) is 17.9 Å². The summed E-state index contributed by atoms with van der Waals surface area (Å²) in [5.74, 6) is -0.888. The molecule has 1 aliphatic carbocycles. The fraction of sp³-hybridized carbons (Fsp3) is 0.467. The molecule has 1 saturated heterocycles. The van der Waals surface area contributed by atoms with E-state index in [1.165, 1.54) is 29.2 Å². The van der Waals surface area contributed by atoms with Gasteiger partial charge >= 0.3 is 6.03 Å². The first-order valence-electron chi connectivity index (χ1n) is 7.61. The fourth-order valence-corrected chi connectivity index (χ4v) is 2.55. The predicted octanol–water partition coefficient (Wildman–Crippen LogP) is 0.576. The first-order valence-corrected chi connectivity index (χ1v) is 7.61. The average molecular weight is 322 g/mol. The summed E-state index contributed by atoms with van der Waals surface area (Å²) in [6.07, 6.45) is 1.35. The summed E-state index contributed by atoms with van der Waals surface area (Å²) >= 11 is 0. The van der Waals surface area contributed by atoms with Gasteiger partial charge in [-0.3, -0.25) is 15.6 Å². The molecule has 4 N–H and O–H groups in total. The molecule has 3 rings (SSSR count). The number of likely N-dealkylation sites (tertiary alicyclic amines) is 1. The van der Waals surface area contributed by atoms with Crippen LogP contribution in [0.5, 0.6) is 0 Å². The number of amides is 3. The largest absolute Gasteiger partial charge is 0.390 e. The molecule has 8 heteroatoms. The number of halogens is 1. The highest BCUT2D eigenvalue weighted by molar-refractivity contribution is 5.89. The van der Waals surface area contributed by atoms with Gasteiger partial charge in [-0.2, -0.15) is 0 Å². The lowest BCUT2D eigenvalue weighted by molar-refractivity contribution is -0.126. The summed E-state index contributed by atoms with van der Waals surface area (Å²) in [6, 6.07) is 4.37. The number of benzene rings is 1. The number of hydrazine groups is 1. The van der Waals surface area contributed by atoms with Gasteiger partial charge in [-0.15, -0.1) is 0 Å². The third-order valence-electron chi connectivity index (χ3n) is 3.97. The summed E-state index contributed by atoms with van der Waals surface area (Å²) in [7, 11) is 0. The molecule has 23 heavy (non-hydrogen) atoms. The van der Waals surface area contributed by atoms with Gasteiger partial charge in [0.1, 0.15) is 11.9 Å². The van der Waals surface area contributed by atoms with Crippen LogP contribution in [0.2, 0.25) is 0 Å². The van der Waals surface area contributed by atoms with E-state index in [0.29, 0.717) is 18.7 Å². The van der Waals surface area contributed by atoms with Gasteiger partial charge in [0.05, 0.1) is 11.8 Å². The number of nitrogens with zero attached hydrogens (tertiary/aromatic N) is 1. The fourth-order valence-electron chi connectivity index (χ4n) is 2.55. The Morgan fingerprint density at radius 2 is 1.87 bits per heavy atom. The van der Waals surface area contributed by atoms with E-state index in [1.807, 2.05) is 0 Å². The minimum Gasteiger partial charge on any atom is -0.390 e. The summed E-state index contributed by atoms with van der Waals surface area (Å²) < 4.78 is 12.8. The van der Waals surface area contributed by atoms with Gasteiger partial charge in [0.2, 0.25) is 0 Å². The average Bonchev–Trinajstić information content (AvgIpc) is 3.25. The number of rotatable bonds is 4. The Labute approximate surface area is 132 Å². The van der Waals surface area contributed by atoms with Crippen molar-refractivity contribution in [2.45, 2.75) is 37.5 Å². The first kappa shape index (κ1) is 15.5. The van der Waals surface area contributed by atoms with Crippen LogP contribution in [0.3, 0.4) is 0 Å². The standard InChI is InChI=1S/C15H19FN4O3/c16-9-1-3-11(4-2-9)18-19-14(22)13-12(21)7-8-20(13)15(23)17-10-5-6-10/h1-4,10,12-13,18,21H,5-8H2,(H,17,23)(H,19,22). The summed E-state index contributed by atoms with van der Waals surface area (Å²) in [5.41, 5.74) is 5.60. The lowest BCUT2D eigenvalue weighted by Crippen LogP contribution is -2.54. The van der Waals surface area contributed by atoms with Crippen LogP contribution < -0.4 is 16.2 Å². The molecular formula is C15H19FN4O3. The molecule has 0 bridgehead atoms. The van der Waals surface area contributed by atoms with Crippen LogP contribution in [-0.2, 0) is 4.79 Å². The molecule has 0 radical (unpaired) electrons. The van der Waals surface area contributed by atoms with E-state index in [4.69, 9.17) is 0 Å². The smallest absolute Gasteiger partial charge is 0.318 e. The molecule has 124 valence electrons. The number of aliphatic hydroxyl groups excluding tert-OH is 1. The molecule has 2 atom stereocenters. The maximum Gasteiger partial charge on any atom is 0.318 e. The SMILES string of the molecule is O=C(NNc1ccc(F)cc1)C1C(O)CCN1C(=O)NC1CC1. The van der Waals surface area contributed by atoms with Gasteiger partial charge in [-0.25, -0.2) is 9.18 Å². The minimum atomic E-state index is -0.943. The normalized spacial score (nSPS) is 23.5. The number of carbonyl (C=O) groups is 2. The Hall–Kier alpha value is -2.35. The molecule has 1 aliphatic heterocycles. The van der Waals surface area contributed by atoms with Crippen molar-refractivity contribution in [2.24, 2.45) is 0 Å². The van der Waals surface area contributed by atoms with Crippen molar-refractivity contribution in [3.05, 3.63) is 30.1 Å². The van der Waals surface area contributed by atoms with E-state index in [0.717, 1.165) is 12.8 Å². The summed E-state index contributed by atoms with van der Waals surface area (Å²) in [5, 5.41) is 12.8. The molecule has 1 heterocycles. The van der Waals surface area contributed by atoms with Crippen molar-refractivity contribution in [2.75, 3.05) is 12.0 Å². The van der Waals surface area contributed by atoms with E-state index in [2.05, 4.69) is 16.2 Å². The molecule has 1 saturated carbocycles. The van der Waals surface area contributed by atoms with Crippen molar-refractivity contribution in [1.29, 1.82) is 0 Å². The lowest BCUT2D eigenvalue weighted by atomic mass is 10.1. The molecule has 0 spiro atoms. The number of nitrogens with one attached hydrogen (secondary N) is 3. The van der Waals surface area contributed by atoms with E-state index >= 15 is 0 Å². The van der Waals surface area contributed by atoms with Crippen molar-refractivity contribution in [3.63, 3.8) is 0 Å². The summed E-state index contributed by atoms with van der Waals surface area (Å²) in [4.78, 5) is 25.8. The third kappa shape index (κ3) is 3.70. The Kier molecular flexibility index (Phi) is 4.33. The maximum absolute atomic E-state index is 12.8. The van der Waals surface area contributed by atoms with Gasteiger partial charge in [0, 0.05) is 12.6 Å². The Bertz CT molecular complexity index is 591. The molecule has 1 aromatic carbocycles. The number of hydrogen-bond acceptors (Lipinski definition) is 4. The molecule has 2 fully saturated rings. The van der Waals surface area contributed by atoms with Gasteiger partial charge in [0.25, 0.3) is 5.91 Å². The zero-order valence-corrected chi connectivity index (χ0v) is 12.5. The molecule has 0 aromatic heterocycles. The minimum absolute atomic E-state index is 0.182. The topological polar surface area (TPSA) is 93.7 Å². The zero-order chi connectivity index (χ0) is 16.4. The first-order chi connectivity index (χ1) is 11.0. The Morgan fingerprint density at radius 1 is 1.17 bits per heavy atom. The Morgan fingerprint density at radius 3 is 2.52 bits per heavy atom. The lowest BCUT2D eigenvalue weighted by Gasteiger charge is -2.25. The van der Waals surface area contributed by atoms with Gasteiger partial charge in [-0.05, 0) is 43.5 Å². The summed E-state index contributed by atoms with van der Waals surface area (Å²) in [6.45, 7) is 0.328. The number of aliphatic hydroxyl groups is 1. The Balaban J connectivity index is 1.59. The molecule has 7 nitrogen and oxygen atoms in total. The molecule has 2 unspecified atom stereocenters. The van der Waals surface area contributed by atoms with Crippen molar-refractivity contribution in [3.8, 4) is 0 Å². The van der Waals surface area contributed by atoms with E-state index in [9.17, 15) is 19.1 Å². The zero-order valence-electron chi connectivity index (χ0n) is 12.5. The highest BCUT2D eigenvalue weighted by Crippen LogP contribution is 2.22. The van der Waals surface area contributed by atoms with Crippen LogP contribution in [0.4, 0.5) is 14.9 Å². The maximum atomic E-state index is 12.8. The number of urea groups is 1. The van der Waals surface area contributed by atoms with Crippen molar-refractivity contribution >= 4 is 17.6 Å². The van der Waals surface area contributed by atoms with Crippen molar-refractivity contribution in [1.82, 2.24) is 15.6 Å². The van der Waals surface area contributed by atoms with Crippen LogP contribution in [0.15, 0.2) is 24.3 Å². The number of hydrogen-bond donors (Lipinski definition) is 4. The van der Waals surface area contributed by atoms with Crippen LogP contribution in [-0.4, -0.2) is 46.7 Å². The highest BCUT2D eigenvalue weighted by Gasteiger charge is 2.42. The van der Waals surface area contributed by atoms with Crippen LogP contribution in [0.1, 0.15) is 19.3 Å². The number of carbonyl (C=O) groups excluding carboxylic acids is 2. The highest BCUT2D eigenvalue weighted by atomic mass is 19.1. The second kappa shape index (κ2) is 6.41. The van der Waals surface area contributed by atoms with E-state index in [1.54, 1.807) is 0 Å². The molecular weight excluding hydrogens is 303 g/mol. The quantitative estimate of drug-likeness (QED) is 0.610. The third-order valence-corrected chi connectivity index (χ3v) is 3.97. The van der Waals surface area contributed by atoms with Gasteiger partial charge in [0.15, 0.2) is 0 Å². The number of anilines is 1. The predicted molar refractivity (Wildman–Crippen MR) is 80.8 cm³/mol.